The number of aliphatic hydroxyl groups is 2. The second-order valence-electron chi connectivity index (χ2n) is 5.97. The van der Waals surface area contributed by atoms with Crippen molar-refractivity contribution in [1.29, 1.82) is 0 Å². The third kappa shape index (κ3) is 3.64. The van der Waals surface area contributed by atoms with Crippen molar-refractivity contribution in [3.8, 4) is 5.75 Å². The van der Waals surface area contributed by atoms with Gasteiger partial charge >= 0.3 is 10.2 Å². The molecule has 0 amide bonds. The van der Waals surface area contributed by atoms with Crippen LogP contribution in [0.3, 0.4) is 0 Å². The number of anilines is 1. The summed E-state index contributed by atoms with van der Waals surface area (Å²) in [7, 11) is -3.95. The van der Waals surface area contributed by atoms with Crippen LogP contribution in [0.5, 0.6) is 5.75 Å². The number of aromatic hydroxyl groups is 1. The molecular weight excluding hydrogens is 344 g/mol. The van der Waals surface area contributed by atoms with Gasteiger partial charge in [-0.25, -0.2) is 9.03 Å². The molecule has 0 aliphatic carbocycles. The van der Waals surface area contributed by atoms with Crippen molar-refractivity contribution in [3.05, 3.63) is 48.0 Å². The zero-order valence-electron chi connectivity index (χ0n) is 13.5. The molecule has 0 aromatic heterocycles. The third-order valence-corrected chi connectivity index (χ3v) is 5.38. The first-order valence-electron chi connectivity index (χ1n) is 8.00. The quantitative estimate of drug-likeness (QED) is 0.588. The smallest absolute Gasteiger partial charge is 0.330 e. The summed E-state index contributed by atoms with van der Waals surface area (Å²) in [5.74, 6) is -0.698. The van der Waals surface area contributed by atoms with Gasteiger partial charge < -0.3 is 15.3 Å². The standard InChI is InChI=1S/C17H20N2O5S/c20-7-3-1-2-4-12-5-6-13-10-16(21)15(9-14(13)8-12)19-11-17(22)18-25(19,23)24/h5-6,8-11,18,20-22H,1-4,7H2. The van der Waals surface area contributed by atoms with Crippen LogP contribution in [0.2, 0.25) is 0 Å². The maximum absolute atomic E-state index is 12.0. The van der Waals surface area contributed by atoms with E-state index in [0.29, 0.717) is 0 Å². The largest absolute Gasteiger partial charge is 0.506 e. The summed E-state index contributed by atoms with van der Waals surface area (Å²) in [6.45, 7) is 0.194. The second-order valence-corrected chi connectivity index (χ2v) is 7.52. The Hall–Kier alpha value is -2.45. The van der Waals surface area contributed by atoms with E-state index in [2.05, 4.69) is 0 Å². The molecule has 3 rings (SSSR count). The van der Waals surface area contributed by atoms with Gasteiger partial charge in [-0.15, -0.1) is 0 Å². The lowest BCUT2D eigenvalue weighted by Crippen LogP contribution is -2.29. The molecule has 0 atom stereocenters. The third-order valence-electron chi connectivity index (χ3n) is 4.09. The molecule has 0 spiro atoms. The molecule has 0 fully saturated rings. The van der Waals surface area contributed by atoms with E-state index >= 15 is 0 Å². The highest BCUT2D eigenvalue weighted by atomic mass is 32.2. The van der Waals surface area contributed by atoms with Crippen LogP contribution in [0.4, 0.5) is 5.69 Å². The van der Waals surface area contributed by atoms with Gasteiger partial charge in [-0.05, 0) is 47.7 Å². The molecule has 2 aromatic rings. The van der Waals surface area contributed by atoms with E-state index in [0.717, 1.165) is 52.5 Å². The van der Waals surface area contributed by atoms with Gasteiger partial charge in [-0.3, -0.25) is 0 Å². The summed E-state index contributed by atoms with van der Waals surface area (Å²) >= 11 is 0. The molecule has 0 saturated heterocycles. The topological polar surface area (TPSA) is 110 Å². The summed E-state index contributed by atoms with van der Waals surface area (Å²) in [5.41, 5.74) is 1.17. The van der Waals surface area contributed by atoms with E-state index in [9.17, 15) is 18.6 Å². The van der Waals surface area contributed by atoms with Crippen molar-refractivity contribution in [3.63, 3.8) is 0 Å². The molecule has 0 unspecified atom stereocenters. The Kier molecular flexibility index (Phi) is 4.73. The normalized spacial score (nSPS) is 16.0. The van der Waals surface area contributed by atoms with E-state index in [-0.39, 0.29) is 18.0 Å². The molecule has 1 aliphatic rings. The number of benzene rings is 2. The number of unbranched alkanes of at least 4 members (excludes halogenated alkanes) is 2. The lowest BCUT2D eigenvalue weighted by atomic mass is 10.0. The highest BCUT2D eigenvalue weighted by molar-refractivity contribution is 7.91. The number of nitrogens with zero attached hydrogens (tertiary/aromatic N) is 1. The average Bonchev–Trinajstić information content (AvgIpc) is 2.83. The van der Waals surface area contributed by atoms with E-state index in [1.807, 2.05) is 22.9 Å². The molecule has 4 N–H and O–H groups in total. The van der Waals surface area contributed by atoms with Crippen LogP contribution in [0, 0.1) is 0 Å². The van der Waals surface area contributed by atoms with Crippen molar-refractivity contribution >= 4 is 26.7 Å². The Bertz CT molecular complexity index is 924. The van der Waals surface area contributed by atoms with Crippen molar-refractivity contribution in [2.75, 3.05) is 10.9 Å². The zero-order chi connectivity index (χ0) is 18.0. The minimum Gasteiger partial charge on any atom is -0.506 e. The van der Waals surface area contributed by atoms with Crippen molar-refractivity contribution in [2.24, 2.45) is 0 Å². The van der Waals surface area contributed by atoms with Crippen molar-refractivity contribution in [2.45, 2.75) is 25.7 Å². The number of aryl methyl sites for hydroxylation is 1. The monoisotopic (exact) mass is 364 g/mol. The number of rotatable bonds is 6. The maximum Gasteiger partial charge on any atom is 0.330 e. The van der Waals surface area contributed by atoms with Crippen LogP contribution in [0.25, 0.3) is 10.8 Å². The van der Waals surface area contributed by atoms with E-state index in [1.165, 1.54) is 6.07 Å². The fraction of sp³-hybridized carbons (Fsp3) is 0.294. The predicted octanol–water partition coefficient (Wildman–Crippen LogP) is 2.26. The zero-order valence-corrected chi connectivity index (χ0v) is 14.3. The van der Waals surface area contributed by atoms with Crippen LogP contribution in [0.15, 0.2) is 42.4 Å². The van der Waals surface area contributed by atoms with Crippen LogP contribution >= 0.6 is 0 Å². The van der Waals surface area contributed by atoms with Gasteiger partial charge in [-0.2, -0.15) is 8.42 Å². The summed E-state index contributed by atoms with van der Waals surface area (Å²) < 4.78 is 26.8. The summed E-state index contributed by atoms with van der Waals surface area (Å²) in [5, 5.41) is 30.0. The minimum absolute atomic E-state index is 0.0708. The Morgan fingerprint density at radius 1 is 1.00 bits per heavy atom. The fourth-order valence-corrected chi connectivity index (χ4v) is 3.92. The number of hydrogen-bond acceptors (Lipinski definition) is 5. The highest BCUT2D eigenvalue weighted by Gasteiger charge is 2.30. The molecule has 0 bridgehead atoms. The average molecular weight is 364 g/mol. The summed E-state index contributed by atoms with van der Waals surface area (Å²) in [6, 6.07) is 8.89. The molecule has 1 heterocycles. The van der Waals surface area contributed by atoms with Crippen LogP contribution in [-0.2, 0) is 16.6 Å². The molecule has 0 radical (unpaired) electrons. The SMILES string of the molecule is O=S1(=O)NC(O)=CN1c1cc2cc(CCCCCO)ccc2cc1O. The van der Waals surface area contributed by atoms with E-state index in [4.69, 9.17) is 5.11 Å². The number of phenolic OH excluding ortho intramolecular Hbond substituents is 1. The van der Waals surface area contributed by atoms with Gasteiger partial charge in [-0.1, -0.05) is 24.6 Å². The van der Waals surface area contributed by atoms with Crippen molar-refractivity contribution in [1.82, 2.24) is 4.72 Å². The first-order valence-corrected chi connectivity index (χ1v) is 9.44. The molecule has 8 heteroatoms. The number of phenols is 1. The molecular formula is C17H20N2O5S. The summed E-state index contributed by atoms with van der Waals surface area (Å²) in [6.07, 6.45) is 4.54. The van der Waals surface area contributed by atoms with Gasteiger partial charge in [0.25, 0.3) is 0 Å². The Balaban J connectivity index is 1.94. The van der Waals surface area contributed by atoms with Gasteiger partial charge in [0.2, 0.25) is 5.88 Å². The number of fused-ring (bicyclic) bond motifs is 1. The lowest BCUT2D eigenvalue weighted by Gasteiger charge is -2.16. The lowest BCUT2D eigenvalue weighted by molar-refractivity contribution is 0.283. The summed E-state index contributed by atoms with van der Waals surface area (Å²) in [4.78, 5) is 0. The van der Waals surface area contributed by atoms with Gasteiger partial charge in [0.05, 0.1) is 6.20 Å². The highest BCUT2D eigenvalue weighted by Crippen LogP contribution is 2.35. The fourth-order valence-electron chi connectivity index (χ4n) is 2.86. The van der Waals surface area contributed by atoms with Crippen molar-refractivity contribution < 1.29 is 23.7 Å². The van der Waals surface area contributed by atoms with Gasteiger partial charge in [0.15, 0.2) is 0 Å². The van der Waals surface area contributed by atoms with Crippen LogP contribution < -0.4 is 9.03 Å². The predicted molar refractivity (Wildman–Crippen MR) is 95.5 cm³/mol. The molecule has 25 heavy (non-hydrogen) atoms. The number of hydrogen-bond donors (Lipinski definition) is 4. The Morgan fingerprint density at radius 3 is 2.48 bits per heavy atom. The molecule has 2 aromatic carbocycles. The molecule has 0 saturated carbocycles. The molecule has 1 aliphatic heterocycles. The first kappa shape index (κ1) is 17.4. The minimum atomic E-state index is -3.95. The number of nitrogens with one attached hydrogen (secondary N) is 1. The Labute approximate surface area is 146 Å². The number of aliphatic hydroxyl groups excluding tert-OH is 2. The first-order chi connectivity index (χ1) is 11.9. The maximum atomic E-state index is 12.0. The van der Waals surface area contributed by atoms with Crippen LogP contribution in [-0.4, -0.2) is 30.3 Å². The van der Waals surface area contributed by atoms with Crippen LogP contribution in [0.1, 0.15) is 24.8 Å². The van der Waals surface area contributed by atoms with E-state index in [1.54, 1.807) is 6.07 Å². The second kappa shape index (κ2) is 6.81. The molecule has 7 nitrogen and oxygen atoms in total. The molecule has 134 valence electrons. The van der Waals surface area contributed by atoms with Gasteiger partial charge in [0, 0.05) is 6.61 Å². The Morgan fingerprint density at radius 2 is 1.80 bits per heavy atom. The van der Waals surface area contributed by atoms with E-state index < -0.39 is 16.1 Å². The van der Waals surface area contributed by atoms with Gasteiger partial charge in [0.1, 0.15) is 11.4 Å².